The molecule has 0 bridgehead atoms. The van der Waals surface area contributed by atoms with Gasteiger partial charge in [-0.05, 0) is 42.7 Å². The summed E-state index contributed by atoms with van der Waals surface area (Å²) >= 11 is 0. The van der Waals surface area contributed by atoms with Crippen molar-refractivity contribution in [2.45, 2.75) is 27.3 Å². The highest BCUT2D eigenvalue weighted by molar-refractivity contribution is 5.98. The van der Waals surface area contributed by atoms with Crippen LogP contribution in [0.2, 0.25) is 0 Å². The van der Waals surface area contributed by atoms with E-state index in [2.05, 4.69) is 5.32 Å². The van der Waals surface area contributed by atoms with Crippen LogP contribution in [0.4, 0.5) is 10.1 Å². The molecule has 0 aromatic heterocycles. The summed E-state index contributed by atoms with van der Waals surface area (Å²) in [5.74, 6) is -0.774. The highest BCUT2D eigenvalue weighted by Crippen LogP contribution is 2.24. The van der Waals surface area contributed by atoms with E-state index in [1.807, 2.05) is 32.0 Å². The van der Waals surface area contributed by atoms with Gasteiger partial charge in [0, 0.05) is 13.5 Å². The molecule has 0 heterocycles. The molecule has 0 radical (unpaired) electrons. The van der Waals surface area contributed by atoms with Gasteiger partial charge in [-0.1, -0.05) is 30.3 Å². The maximum atomic E-state index is 12.9. The molecule has 0 saturated heterocycles. The van der Waals surface area contributed by atoms with Crippen LogP contribution < -0.4 is 10.2 Å². The maximum Gasteiger partial charge on any atom is 0.240 e. The molecule has 2 aromatic rings. The van der Waals surface area contributed by atoms with Crippen molar-refractivity contribution in [2.24, 2.45) is 0 Å². The number of hydrogen-bond donors (Lipinski definition) is 1. The van der Waals surface area contributed by atoms with Crippen LogP contribution in [0.1, 0.15) is 23.6 Å². The molecule has 0 fully saturated rings. The fraction of sp³-hybridized carbons (Fsp3) is 0.263. The highest BCUT2D eigenvalue weighted by atomic mass is 19.1. The molecule has 24 heavy (non-hydrogen) atoms. The summed E-state index contributed by atoms with van der Waals surface area (Å²) in [5.41, 5.74) is 3.45. The lowest BCUT2D eigenvalue weighted by molar-refractivity contribution is -0.123. The third-order valence-corrected chi connectivity index (χ3v) is 3.79. The number of anilines is 1. The van der Waals surface area contributed by atoms with Crippen LogP contribution in [-0.4, -0.2) is 18.4 Å². The molecule has 0 aliphatic rings. The zero-order valence-corrected chi connectivity index (χ0v) is 14.1. The number of para-hydroxylation sites is 1. The Kier molecular flexibility index (Phi) is 5.68. The summed E-state index contributed by atoms with van der Waals surface area (Å²) in [6.07, 6.45) is 0. The van der Waals surface area contributed by atoms with Crippen molar-refractivity contribution in [1.82, 2.24) is 5.32 Å². The predicted octanol–water partition coefficient (Wildman–Crippen LogP) is 3.11. The normalized spacial score (nSPS) is 10.3. The number of hydrogen-bond acceptors (Lipinski definition) is 2. The van der Waals surface area contributed by atoms with Gasteiger partial charge in [-0.2, -0.15) is 0 Å². The largest absolute Gasteiger partial charge is 0.350 e. The number of benzene rings is 2. The third kappa shape index (κ3) is 4.41. The van der Waals surface area contributed by atoms with Crippen molar-refractivity contribution in [1.29, 1.82) is 0 Å². The molecule has 0 unspecified atom stereocenters. The molecule has 2 amide bonds. The third-order valence-electron chi connectivity index (χ3n) is 3.79. The summed E-state index contributed by atoms with van der Waals surface area (Å²) < 4.78 is 12.9. The first-order valence-electron chi connectivity index (χ1n) is 7.74. The second-order valence-corrected chi connectivity index (χ2v) is 5.75. The maximum absolute atomic E-state index is 12.9. The topological polar surface area (TPSA) is 49.4 Å². The number of carbonyl (C=O) groups excluding carboxylic acids is 2. The SMILES string of the molecule is CC(=O)N(CC(=O)NCc1ccc(F)cc1)c1c(C)cccc1C. The van der Waals surface area contributed by atoms with E-state index in [4.69, 9.17) is 0 Å². The van der Waals surface area contributed by atoms with Crippen LogP contribution in [0.15, 0.2) is 42.5 Å². The van der Waals surface area contributed by atoms with Crippen LogP contribution in [0.3, 0.4) is 0 Å². The van der Waals surface area contributed by atoms with Crippen LogP contribution >= 0.6 is 0 Å². The van der Waals surface area contributed by atoms with Gasteiger partial charge in [-0.25, -0.2) is 4.39 Å². The van der Waals surface area contributed by atoms with Gasteiger partial charge in [-0.15, -0.1) is 0 Å². The lowest BCUT2D eigenvalue weighted by atomic mass is 10.1. The Morgan fingerprint density at radius 1 is 1.04 bits per heavy atom. The Bertz CT molecular complexity index is 721. The van der Waals surface area contributed by atoms with E-state index in [9.17, 15) is 14.0 Å². The van der Waals surface area contributed by atoms with Gasteiger partial charge in [0.05, 0.1) is 5.69 Å². The molecule has 4 nitrogen and oxygen atoms in total. The standard InChI is InChI=1S/C19H21FN2O2/c1-13-5-4-6-14(2)19(13)22(15(3)23)12-18(24)21-11-16-7-9-17(20)10-8-16/h4-10H,11-12H2,1-3H3,(H,21,24). The van der Waals surface area contributed by atoms with Crippen LogP contribution in [0.25, 0.3) is 0 Å². The van der Waals surface area contributed by atoms with Gasteiger partial charge >= 0.3 is 0 Å². The average Bonchev–Trinajstić information content (AvgIpc) is 2.53. The lowest BCUT2D eigenvalue weighted by Crippen LogP contribution is -2.40. The summed E-state index contributed by atoms with van der Waals surface area (Å²) in [6.45, 7) is 5.50. The first kappa shape index (κ1) is 17.7. The fourth-order valence-electron chi connectivity index (χ4n) is 2.58. The Labute approximate surface area is 141 Å². The van der Waals surface area contributed by atoms with E-state index in [0.717, 1.165) is 22.4 Å². The van der Waals surface area contributed by atoms with Crippen molar-refractivity contribution >= 4 is 17.5 Å². The number of carbonyl (C=O) groups is 2. The molecule has 0 spiro atoms. The lowest BCUT2D eigenvalue weighted by Gasteiger charge is -2.24. The van der Waals surface area contributed by atoms with E-state index in [0.29, 0.717) is 0 Å². The molecule has 1 N–H and O–H groups in total. The minimum absolute atomic E-state index is 0.0534. The monoisotopic (exact) mass is 328 g/mol. The molecule has 2 aromatic carbocycles. The molecule has 2 rings (SSSR count). The number of aryl methyl sites for hydroxylation is 2. The van der Waals surface area contributed by atoms with Gasteiger partial charge in [0.25, 0.3) is 0 Å². The van der Waals surface area contributed by atoms with E-state index in [-0.39, 0.29) is 30.7 Å². The minimum Gasteiger partial charge on any atom is -0.350 e. The fourth-order valence-corrected chi connectivity index (χ4v) is 2.58. The van der Waals surface area contributed by atoms with E-state index < -0.39 is 0 Å². The van der Waals surface area contributed by atoms with Gasteiger partial charge < -0.3 is 10.2 Å². The number of nitrogens with zero attached hydrogens (tertiary/aromatic N) is 1. The Balaban J connectivity index is 2.06. The second-order valence-electron chi connectivity index (χ2n) is 5.75. The molecule has 0 atom stereocenters. The van der Waals surface area contributed by atoms with Crippen molar-refractivity contribution in [3.05, 3.63) is 65.0 Å². The van der Waals surface area contributed by atoms with E-state index >= 15 is 0 Å². The van der Waals surface area contributed by atoms with Crippen molar-refractivity contribution in [2.75, 3.05) is 11.4 Å². The Hall–Kier alpha value is -2.69. The van der Waals surface area contributed by atoms with E-state index in [1.54, 1.807) is 12.1 Å². The molecular weight excluding hydrogens is 307 g/mol. The summed E-state index contributed by atoms with van der Waals surface area (Å²) in [7, 11) is 0. The predicted molar refractivity (Wildman–Crippen MR) is 92.2 cm³/mol. The quantitative estimate of drug-likeness (QED) is 0.917. The van der Waals surface area contributed by atoms with Crippen molar-refractivity contribution in [3.63, 3.8) is 0 Å². The smallest absolute Gasteiger partial charge is 0.240 e. The van der Waals surface area contributed by atoms with Gasteiger partial charge in [0.15, 0.2) is 0 Å². The zero-order valence-electron chi connectivity index (χ0n) is 14.1. The molecule has 0 saturated carbocycles. The van der Waals surface area contributed by atoms with E-state index in [1.165, 1.54) is 24.0 Å². The van der Waals surface area contributed by atoms with Crippen LogP contribution in [-0.2, 0) is 16.1 Å². The van der Waals surface area contributed by atoms with Gasteiger partial charge in [0.2, 0.25) is 11.8 Å². The van der Waals surface area contributed by atoms with Crippen LogP contribution in [0.5, 0.6) is 0 Å². The Morgan fingerprint density at radius 3 is 2.17 bits per heavy atom. The first-order valence-corrected chi connectivity index (χ1v) is 7.74. The Morgan fingerprint density at radius 2 is 1.62 bits per heavy atom. The summed E-state index contributed by atoms with van der Waals surface area (Å²) in [6, 6.07) is 11.7. The average molecular weight is 328 g/mol. The first-order chi connectivity index (χ1) is 11.4. The molecule has 126 valence electrons. The second kappa shape index (κ2) is 7.73. The highest BCUT2D eigenvalue weighted by Gasteiger charge is 2.19. The number of amides is 2. The molecule has 0 aliphatic heterocycles. The summed E-state index contributed by atoms with van der Waals surface area (Å²) in [4.78, 5) is 25.7. The van der Waals surface area contributed by atoms with Crippen LogP contribution in [0, 0.1) is 19.7 Å². The number of rotatable bonds is 5. The minimum atomic E-state index is -0.317. The van der Waals surface area contributed by atoms with Crippen molar-refractivity contribution in [3.8, 4) is 0 Å². The number of halogens is 1. The zero-order chi connectivity index (χ0) is 17.7. The van der Waals surface area contributed by atoms with Gasteiger partial charge in [-0.3, -0.25) is 9.59 Å². The van der Waals surface area contributed by atoms with Gasteiger partial charge in [0.1, 0.15) is 12.4 Å². The molecule has 0 aliphatic carbocycles. The molecule has 5 heteroatoms. The molecular formula is C19H21FN2O2. The number of nitrogens with one attached hydrogen (secondary N) is 1. The summed E-state index contributed by atoms with van der Waals surface area (Å²) in [5, 5.41) is 2.76. The van der Waals surface area contributed by atoms with Crippen molar-refractivity contribution < 1.29 is 14.0 Å².